The summed E-state index contributed by atoms with van der Waals surface area (Å²) in [5, 5.41) is 17.4. The summed E-state index contributed by atoms with van der Waals surface area (Å²) >= 11 is 7.68. The molecule has 0 radical (unpaired) electrons. The molecule has 2 aromatic heterocycles. The maximum absolute atomic E-state index is 13.7. The largest absolute Gasteiger partial charge is 0.389 e. The zero-order valence-electron chi connectivity index (χ0n) is 19.2. The monoisotopic (exact) mass is 520 g/mol. The normalized spacial score (nSPS) is 27.0. The van der Waals surface area contributed by atoms with Crippen LogP contribution < -0.4 is 10.6 Å². The number of aliphatic hydroxyl groups is 1. The first-order chi connectivity index (χ1) is 16.9. The Morgan fingerprint density at radius 2 is 2.09 bits per heavy atom. The van der Waals surface area contributed by atoms with Crippen LogP contribution in [-0.2, 0) is 14.4 Å². The summed E-state index contributed by atoms with van der Waals surface area (Å²) in [4.78, 5) is 56.6. The zero-order valence-corrected chi connectivity index (χ0v) is 20.8. The third-order valence-corrected chi connectivity index (χ3v) is 9.02. The molecular weight excluding hydrogens is 492 g/mol. The maximum atomic E-state index is 13.7. The van der Waals surface area contributed by atoms with E-state index in [2.05, 4.69) is 15.6 Å². The van der Waals surface area contributed by atoms with Gasteiger partial charge >= 0.3 is 0 Å². The number of ketones is 1. The van der Waals surface area contributed by atoms with Crippen molar-refractivity contribution in [3.8, 4) is 0 Å². The fourth-order valence-electron chi connectivity index (χ4n) is 5.89. The molecule has 9 nitrogen and oxygen atoms in total. The lowest BCUT2D eigenvalue weighted by Gasteiger charge is -2.47. The van der Waals surface area contributed by atoms with E-state index in [-0.39, 0.29) is 24.3 Å². The number of carbonyl (C=O) groups excluding carboxylic acids is 4. The molecule has 4 N–H and O–H groups in total. The Bertz CT molecular complexity index is 1160. The average Bonchev–Trinajstić information content (AvgIpc) is 3.55. The maximum Gasteiger partial charge on any atom is 0.271 e. The van der Waals surface area contributed by atoms with E-state index in [1.807, 2.05) is 5.38 Å². The van der Waals surface area contributed by atoms with E-state index in [4.69, 9.17) is 11.6 Å². The lowest BCUT2D eigenvalue weighted by Crippen LogP contribution is -2.60. The van der Waals surface area contributed by atoms with Crippen LogP contribution in [0.4, 0.5) is 0 Å². The van der Waals surface area contributed by atoms with Gasteiger partial charge in [-0.15, -0.1) is 11.3 Å². The topological polar surface area (TPSA) is 132 Å². The summed E-state index contributed by atoms with van der Waals surface area (Å²) in [6.45, 7) is -0.193. The van der Waals surface area contributed by atoms with Gasteiger partial charge in [0.2, 0.25) is 11.8 Å². The van der Waals surface area contributed by atoms with Crippen molar-refractivity contribution in [2.45, 2.75) is 63.1 Å². The lowest BCUT2D eigenvalue weighted by molar-refractivity contribution is -0.135. The van der Waals surface area contributed by atoms with E-state index >= 15 is 0 Å². The summed E-state index contributed by atoms with van der Waals surface area (Å²) < 4.78 is 0.876. The highest BCUT2D eigenvalue weighted by atomic mass is 35.5. The molecule has 188 valence electrons. The number of amides is 3. The van der Waals surface area contributed by atoms with Gasteiger partial charge in [0, 0.05) is 23.9 Å². The molecular formula is C24H29ClN4O5S. The van der Waals surface area contributed by atoms with Crippen LogP contribution in [0, 0.1) is 11.8 Å². The third-order valence-electron chi connectivity index (χ3n) is 7.66. The molecule has 3 amide bonds. The summed E-state index contributed by atoms with van der Waals surface area (Å²) in [5.74, 6) is -1.41. The van der Waals surface area contributed by atoms with Crippen LogP contribution in [0.25, 0.3) is 10.2 Å². The zero-order chi connectivity index (χ0) is 24.7. The Morgan fingerprint density at radius 1 is 1.26 bits per heavy atom. The smallest absolute Gasteiger partial charge is 0.271 e. The number of nitrogens with zero attached hydrogens (tertiary/aromatic N) is 1. The van der Waals surface area contributed by atoms with Crippen LogP contribution >= 0.6 is 22.9 Å². The highest BCUT2D eigenvalue weighted by Gasteiger charge is 2.45. The van der Waals surface area contributed by atoms with E-state index < -0.39 is 36.3 Å². The van der Waals surface area contributed by atoms with Gasteiger partial charge in [-0.3, -0.25) is 19.2 Å². The van der Waals surface area contributed by atoms with E-state index in [9.17, 15) is 24.3 Å². The molecule has 2 bridgehead atoms. The van der Waals surface area contributed by atoms with Gasteiger partial charge < -0.3 is 25.6 Å². The molecule has 1 saturated carbocycles. The number of likely N-dealkylation sites (tertiary alicyclic amines) is 1. The Balaban J connectivity index is 1.39. The fourth-order valence-corrected chi connectivity index (χ4v) is 7.04. The van der Waals surface area contributed by atoms with Gasteiger partial charge in [0.25, 0.3) is 5.91 Å². The standard InChI is InChI=1S/C24H29ClN4O5S/c25-15-11-35-20-9-17(27-21(15)20)24(34)29-14-3-1-2-12(6-14)7-18(29)23(33)28-16(19(31)10-30)8-13-4-5-26-22(13)32/h9,11-14,16,18,27,30H,1-8,10H2,(H,26,32)(H,28,33)/t12?,13-,14?,16-,18-/m0/s1. The number of halogens is 1. The number of hydrogen-bond acceptors (Lipinski definition) is 6. The van der Waals surface area contributed by atoms with Gasteiger partial charge in [-0.05, 0) is 44.1 Å². The number of rotatable bonds is 7. The summed E-state index contributed by atoms with van der Waals surface area (Å²) in [6.07, 6.45) is 4.92. The quantitative estimate of drug-likeness (QED) is 0.444. The van der Waals surface area contributed by atoms with Crippen molar-refractivity contribution < 1.29 is 24.3 Å². The van der Waals surface area contributed by atoms with Crippen LogP contribution in [0.3, 0.4) is 0 Å². The Labute approximate surface area is 211 Å². The van der Waals surface area contributed by atoms with E-state index in [0.717, 1.165) is 30.4 Å². The van der Waals surface area contributed by atoms with Crippen molar-refractivity contribution >= 4 is 56.7 Å². The Morgan fingerprint density at radius 3 is 2.80 bits per heavy atom. The van der Waals surface area contributed by atoms with Crippen LogP contribution in [-0.4, -0.2) is 69.8 Å². The molecule has 5 rings (SSSR count). The number of aliphatic hydroxyl groups excluding tert-OH is 1. The molecule has 0 spiro atoms. The Hall–Kier alpha value is -2.43. The fraction of sp³-hybridized carbons (Fsp3) is 0.583. The SMILES string of the molecule is O=C1NCC[C@H]1C[C@H](NC(=O)[C@@H]1CC2CCCC(C2)N1C(=O)c1cc2scc(Cl)c2[nH]1)C(=O)CO. The van der Waals surface area contributed by atoms with Crippen molar-refractivity contribution in [1.29, 1.82) is 0 Å². The molecule has 5 atom stereocenters. The number of piperidine rings is 1. The number of carbonyl (C=O) groups is 4. The van der Waals surface area contributed by atoms with Crippen LogP contribution in [0.1, 0.15) is 55.4 Å². The first kappa shape index (κ1) is 24.3. The van der Waals surface area contributed by atoms with Crippen molar-refractivity contribution in [3.63, 3.8) is 0 Å². The molecule has 2 aromatic rings. The molecule has 3 aliphatic rings. The second-order valence-corrected chi connectivity index (χ2v) is 11.2. The molecule has 2 aliphatic heterocycles. The number of aromatic nitrogens is 1. The number of aromatic amines is 1. The highest BCUT2D eigenvalue weighted by molar-refractivity contribution is 7.17. The number of thiophene rings is 1. The summed E-state index contributed by atoms with van der Waals surface area (Å²) in [6, 6.07) is 0.00846. The number of nitrogens with one attached hydrogen (secondary N) is 3. The van der Waals surface area contributed by atoms with Crippen molar-refractivity contribution in [3.05, 3.63) is 22.2 Å². The van der Waals surface area contributed by atoms with Crippen LogP contribution in [0.15, 0.2) is 11.4 Å². The molecule has 0 aromatic carbocycles. The third kappa shape index (κ3) is 4.71. The van der Waals surface area contributed by atoms with Crippen molar-refractivity contribution in [1.82, 2.24) is 20.5 Å². The molecule has 2 saturated heterocycles. The van der Waals surface area contributed by atoms with Crippen LogP contribution in [0.5, 0.6) is 0 Å². The first-order valence-corrected chi connectivity index (χ1v) is 13.4. The summed E-state index contributed by atoms with van der Waals surface area (Å²) in [5.41, 5.74) is 1.10. The van der Waals surface area contributed by atoms with Gasteiger partial charge in [0.1, 0.15) is 18.3 Å². The molecule has 2 unspecified atom stereocenters. The van der Waals surface area contributed by atoms with Gasteiger partial charge in [-0.25, -0.2) is 0 Å². The lowest BCUT2D eigenvalue weighted by atomic mass is 9.76. The molecule has 1 aliphatic carbocycles. The number of hydrogen-bond donors (Lipinski definition) is 4. The number of fused-ring (bicyclic) bond motifs is 3. The first-order valence-electron chi connectivity index (χ1n) is 12.2. The minimum absolute atomic E-state index is 0.0600. The predicted molar refractivity (Wildman–Crippen MR) is 131 cm³/mol. The van der Waals surface area contributed by atoms with E-state index in [1.165, 1.54) is 11.3 Å². The van der Waals surface area contributed by atoms with Gasteiger partial charge in [0.05, 0.1) is 21.3 Å². The molecule has 3 fully saturated rings. The average molecular weight is 521 g/mol. The highest BCUT2D eigenvalue weighted by Crippen LogP contribution is 2.39. The number of Topliss-reactive ketones (excluding diaryl/α,β-unsaturated/α-hetero) is 1. The second kappa shape index (κ2) is 9.91. The minimum atomic E-state index is -0.977. The minimum Gasteiger partial charge on any atom is -0.389 e. The second-order valence-electron chi connectivity index (χ2n) is 9.85. The molecule has 35 heavy (non-hydrogen) atoms. The van der Waals surface area contributed by atoms with Crippen molar-refractivity contribution in [2.75, 3.05) is 13.2 Å². The van der Waals surface area contributed by atoms with E-state index in [0.29, 0.717) is 41.5 Å². The predicted octanol–water partition coefficient (Wildman–Crippen LogP) is 2.23. The number of H-pyrrole nitrogens is 1. The summed E-state index contributed by atoms with van der Waals surface area (Å²) in [7, 11) is 0. The van der Waals surface area contributed by atoms with Gasteiger partial charge in [-0.2, -0.15) is 0 Å². The van der Waals surface area contributed by atoms with Gasteiger partial charge in [-0.1, -0.05) is 24.4 Å². The molecule has 4 heterocycles. The van der Waals surface area contributed by atoms with E-state index in [1.54, 1.807) is 11.0 Å². The van der Waals surface area contributed by atoms with Crippen LogP contribution in [0.2, 0.25) is 5.02 Å². The Kier molecular flexibility index (Phi) is 6.87. The van der Waals surface area contributed by atoms with Gasteiger partial charge in [0.15, 0.2) is 5.78 Å². The van der Waals surface area contributed by atoms with Crippen molar-refractivity contribution in [2.24, 2.45) is 11.8 Å². The molecule has 11 heteroatoms.